The summed E-state index contributed by atoms with van der Waals surface area (Å²) in [6, 6.07) is 0. The quantitative estimate of drug-likeness (QED) is 0.807. The Morgan fingerprint density at radius 3 is 2.22 bits per heavy atom. The van der Waals surface area contributed by atoms with Gasteiger partial charge in [-0.15, -0.1) is 0 Å². The fourth-order valence-corrected chi connectivity index (χ4v) is 2.35. The van der Waals surface area contributed by atoms with Crippen LogP contribution in [0.3, 0.4) is 0 Å². The van der Waals surface area contributed by atoms with Crippen molar-refractivity contribution in [2.24, 2.45) is 0 Å². The lowest BCUT2D eigenvalue weighted by Crippen LogP contribution is -2.00. The van der Waals surface area contributed by atoms with E-state index in [1.54, 1.807) is 14.2 Å². The van der Waals surface area contributed by atoms with Gasteiger partial charge in [0.25, 0.3) is 0 Å². The second kappa shape index (κ2) is 5.38. The van der Waals surface area contributed by atoms with Gasteiger partial charge in [-0.1, -0.05) is 13.3 Å². The number of methoxy groups -OCH3 is 2. The van der Waals surface area contributed by atoms with E-state index in [0.29, 0.717) is 11.5 Å². The first kappa shape index (κ1) is 12.9. The summed E-state index contributed by atoms with van der Waals surface area (Å²) >= 11 is 0. The molecule has 1 heterocycles. The lowest BCUT2D eigenvalue weighted by atomic mass is 9.99. The predicted octanol–water partition coefficient (Wildman–Crippen LogP) is 3.08. The lowest BCUT2D eigenvalue weighted by Gasteiger charge is -2.17. The minimum absolute atomic E-state index is 0.221. The molecule has 0 bridgehead atoms. The summed E-state index contributed by atoms with van der Waals surface area (Å²) in [7, 11) is 3.32. The summed E-state index contributed by atoms with van der Waals surface area (Å²) in [5.74, 6) is 2.88. The largest absolute Gasteiger partial charge is 0.492 e. The fraction of sp³-hybridized carbons (Fsp3) is 0.571. The molecule has 0 radical (unpaired) electrons. The maximum absolute atomic E-state index is 5.51. The molecule has 0 fully saturated rings. The molecule has 2 rings (SSSR count). The summed E-state index contributed by atoms with van der Waals surface area (Å²) in [6.45, 7) is 4.43. The van der Waals surface area contributed by atoms with Gasteiger partial charge < -0.3 is 18.9 Å². The maximum Gasteiger partial charge on any atom is 0.231 e. The molecule has 0 atom stereocenters. The van der Waals surface area contributed by atoms with Crippen LogP contribution in [0.1, 0.15) is 30.9 Å². The molecular weight excluding hydrogens is 232 g/mol. The van der Waals surface area contributed by atoms with Crippen molar-refractivity contribution in [2.75, 3.05) is 21.0 Å². The Bertz CT molecular complexity index is 440. The smallest absolute Gasteiger partial charge is 0.231 e. The Balaban J connectivity index is 2.56. The van der Waals surface area contributed by atoms with Gasteiger partial charge in [-0.2, -0.15) is 0 Å². The molecule has 0 unspecified atom stereocenters. The third-order valence-corrected chi connectivity index (χ3v) is 3.28. The highest BCUT2D eigenvalue weighted by molar-refractivity contribution is 5.67. The highest BCUT2D eigenvalue weighted by Crippen LogP contribution is 2.52. The zero-order valence-electron chi connectivity index (χ0n) is 11.5. The highest BCUT2D eigenvalue weighted by atomic mass is 16.7. The first-order valence-electron chi connectivity index (χ1n) is 6.27. The Hall–Kier alpha value is -1.58. The molecule has 4 nitrogen and oxygen atoms in total. The van der Waals surface area contributed by atoms with E-state index in [1.165, 1.54) is 0 Å². The van der Waals surface area contributed by atoms with Crippen LogP contribution in [0, 0.1) is 6.92 Å². The maximum atomic E-state index is 5.51. The zero-order chi connectivity index (χ0) is 13.1. The molecule has 4 heteroatoms. The van der Waals surface area contributed by atoms with Gasteiger partial charge in [-0.25, -0.2) is 0 Å². The molecule has 1 aliphatic rings. The van der Waals surface area contributed by atoms with E-state index in [2.05, 4.69) is 6.92 Å². The minimum atomic E-state index is 0.221. The third kappa shape index (κ3) is 1.96. The summed E-state index contributed by atoms with van der Waals surface area (Å²) < 4.78 is 21.9. The molecule has 0 saturated heterocycles. The Labute approximate surface area is 108 Å². The second-order valence-electron chi connectivity index (χ2n) is 4.34. The van der Waals surface area contributed by atoms with Crippen molar-refractivity contribution in [1.82, 2.24) is 0 Å². The van der Waals surface area contributed by atoms with Crippen molar-refractivity contribution in [3.63, 3.8) is 0 Å². The third-order valence-electron chi connectivity index (χ3n) is 3.28. The van der Waals surface area contributed by atoms with Gasteiger partial charge in [0, 0.05) is 11.1 Å². The molecule has 0 aliphatic carbocycles. The Kier molecular flexibility index (Phi) is 3.84. The average molecular weight is 252 g/mol. The van der Waals surface area contributed by atoms with Gasteiger partial charge in [0.05, 0.1) is 14.2 Å². The molecule has 100 valence electrons. The average Bonchev–Trinajstić information content (AvgIpc) is 2.84. The minimum Gasteiger partial charge on any atom is -0.492 e. The lowest BCUT2D eigenvalue weighted by molar-refractivity contribution is 0.168. The number of fused-ring (bicyclic) bond motifs is 1. The molecular formula is C14H20O4. The standard InChI is InChI=1S/C14H20O4/c1-5-6-7-10-9(2)11(15-3)13-14(12(10)16-4)18-8-17-13/h5-8H2,1-4H3. The molecule has 0 saturated carbocycles. The van der Waals surface area contributed by atoms with Crippen LogP contribution in [-0.4, -0.2) is 21.0 Å². The highest BCUT2D eigenvalue weighted by Gasteiger charge is 2.29. The summed E-state index contributed by atoms with van der Waals surface area (Å²) in [5.41, 5.74) is 2.23. The van der Waals surface area contributed by atoms with E-state index in [9.17, 15) is 0 Å². The second-order valence-corrected chi connectivity index (χ2v) is 4.34. The van der Waals surface area contributed by atoms with Crippen LogP contribution in [0.4, 0.5) is 0 Å². The van der Waals surface area contributed by atoms with Crippen LogP contribution in [0.25, 0.3) is 0 Å². The van der Waals surface area contributed by atoms with Gasteiger partial charge in [0.1, 0.15) is 0 Å². The zero-order valence-corrected chi connectivity index (χ0v) is 11.5. The number of ether oxygens (including phenoxy) is 4. The molecule has 1 aliphatic heterocycles. The van der Waals surface area contributed by atoms with Gasteiger partial charge in [-0.05, 0) is 19.8 Å². The van der Waals surface area contributed by atoms with Crippen molar-refractivity contribution in [1.29, 1.82) is 0 Å². The number of unbranched alkanes of at least 4 members (excludes halogenated alkanes) is 1. The summed E-state index contributed by atoms with van der Waals surface area (Å²) in [6.07, 6.45) is 3.21. The van der Waals surface area contributed by atoms with Crippen LogP contribution in [0.5, 0.6) is 23.0 Å². The SMILES string of the molecule is CCCCc1c(C)c(OC)c2c(c1OC)OCO2. The summed E-state index contributed by atoms with van der Waals surface area (Å²) in [5, 5.41) is 0. The van der Waals surface area contributed by atoms with E-state index >= 15 is 0 Å². The molecule has 0 amide bonds. The van der Waals surface area contributed by atoms with E-state index < -0.39 is 0 Å². The van der Waals surface area contributed by atoms with Crippen molar-refractivity contribution < 1.29 is 18.9 Å². The van der Waals surface area contributed by atoms with Crippen LogP contribution in [0.15, 0.2) is 0 Å². The van der Waals surface area contributed by atoms with Gasteiger partial charge in [0.15, 0.2) is 11.5 Å². The van der Waals surface area contributed by atoms with E-state index in [1.807, 2.05) is 6.92 Å². The molecule has 0 aromatic heterocycles. The number of hydrogen-bond donors (Lipinski definition) is 0. The van der Waals surface area contributed by atoms with Crippen LogP contribution < -0.4 is 18.9 Å². The van der Waals surface area contributed by atoms with E-state index in [-0.39, 0.29) is 6.79 Å². The fourth-order valence-electron chi connectivity index (χ4n) is 2.35. The topological polar surface area (TPSA) is 36.9 Å². The molecule has 1 aromatic rings. The number of benzene rings is 1. The number of rotatable bonds is 5. The van der Waals surface area contributed by atoms with Crippen molar-refractivity contribution in [2.45, 2.75) is 33.1 Å². The van der Waals surface area contributed by atoms with Crippen molar-refractivity contribution in [3.05, 3.63) is 11.1 Å². The van der Waals surface area contributed by atoms with Crippen molar-refractivity contribution in [3.8, 4) is 23.0 Å². The normalized spacial score (nSPS) is 12.7. The van der Waals surface area contributed by atoms with E-state index in [0.717, 1.165) is 41.9 Å². The molecule has 0 N–H and O–H groups in total. The first-order chi connectivity index (χ1) is 8.74. The Morgan fingerprint density at radius 2 is 1.67 bits per heavy atom. The number of hydrogen-bond acceptors (Lipinski definition) is 4. The van der Waals surface area contributed by atoms with Gasteiger partial charge >= 0.3 is 0 Å². The molecule has 1 aromatic carbocycles. The van der Waals surface area contributed by atoms with Gasteiger partial charge in [-0.3, -0.25) is 0 Å². The van der Waals surface area contributed by atoms with Crippen LogP contribution in [0.2, 0.25) is 0 Å². The summed E-state index contributed by atoms with van der Waals surface area (Å²) in [4.78, 5) is 0. The Morgan fingerprint density at radius 1 is 1.06 bits per heavy atom. The van der Waals surface area contributed by atoms with Crippen LogP contribution >= 0.6 is 0 Å². The van der Waals surface area contributed by atoms with Gasteiger partial charge in [0.2, 0.25) is 18.3 Å². The predicted molar refractivity (Wildman–Crippen MR) is 69.0 cm³/mol. The molecule has 18 heavy (non-hydrogen) atoms. The molecule has 0 spiro atoms. The van der Waals surface area contributed by atoms with Crippen molar-refractivity contribution >= 4 is 0 Å². The van der Waals surface area contributed by atoms with Crippen LogP contribution in [-0.2, 0) is 6.42 Å². The van der Waals surface area contributed by atoms with E-state index in [4.69, 9.17) is 18.9 Å². The first-order valence-corrected chi connectivity index (χ1v) is 6.27. The monoisotopic (exact) mass is 252 g/mol.